The van der Waals surface area contributed by atoms with Crippen LogP contribution in [0, 0.1) is 5.92 Å². The van der Waals surface area contributed by atoms with E-state index in [4.69, 9.17) is 16.3 Å². The molecular weight excluding hydrogens is 366 g/mol. The van der Waals surface area contributed by atoms with Crippen LogP contribution in [0.1, 0.15) is 54.6 Å². The standard InChI is InChI=1S/C20H26ClN3O3/c1-23(12-13-24-10-2-3-11-24)18(25)14-6-8-20(9-7-14)15-4-5-16(21)22-17(15)19(26)27-20/h4-5,14H,2-3,6-13H2,1H3. The Hall–Kier alpha value is -1.66. The Morgan fingerprint density at radius 3 is 2.74 bits per heavy atom. The molecule has 4 rings (SSSR count). The van der Waals surface area contributed by atoms with Gasteiger partial charge in [-0.3, -0.25) is 4.79 Å². The van der Waals surface area contributed by atoms with Gasteiger partial charge >= 0.3 is 5.97 Å². The van der Waals surface area contributed by atoms with Crippen LogP contribution in [0.2, 0.25) is 5.15 Å². The number of likely N-dealkylation sites (N-methyl/N-ethyl adjacent to an activating group) is 1. The molecule has 1 aliphatic carbocycles. The summed E-state index contributed by atoms with van der Waals surface area (Å²) in [5.74, 6) is -0.190. The number of pyridine rings is 1. The molecule has 7 heteroatoms. The van der Waals surface area contributed by atoms with Crippen molar-refractivity contribution in [3.8, 4) is 0 Å². The summed E-state index contributed by atoms with van der Waals surface area (Å²) >= 11 is 5.92. The Morgan fingerprint density at radius 1 is 1.33 bits per heavy atom. The first-order valence-electron chi connectivity index (χ1n) is 9.86. The highest BCUT2D eigenvalue weighted by molar-refractivity contribution is 6.29. The quantitative estimate of drug-likeness (QED) is 0.583. The first-order valence-corrected chi connectivity index (χ1v) is 10.2. The molecule has 27 heavy (non-hydrogen) atoms. The van der Waals surface area contributed by atoms with E-state index in [9.17, 15) is 9.59 Å². The summed E-state index contributed by atoms with van der Waals surface area (Å²) in [6, 6.07) is 3.55. The van der Waals surface area contributed by atoms with Crippen molar-refractivity contribution in [1.82, 2.24) is 14.8 Å². The van der Waals surface area contributed by atoms with Crippen molar-refractivity contribution < 1.29 is 14.3 Å². The summed E-state index contributed by atoms with van der Waals surface area (Å²) in [7, 11) is 1.90. The first-order chi connectivity index (χ1) is 13.0. The Morgan fingerprint density at radius 2 is 2.04 bits per heavy atom. The number of hydrogen-bond donors (Lipinski definition) is 0. The predicted molar refractivity (Wildman–Crippen MR) is 102 cm³/mol. The lowest BCUT2D eigenvalue weighted by Gasteiger charge is -2.37. The molecule has 0 radical (unpaired) electrons. The normalized spacial score (nSPS) is 27.6. The van der Waals surface area contributed by atoms with Gasteiger partial charge in [0, 0.05) is 31.6 Å². The van der Waals surface area contributed by atoms with E-state index in [1.54, 1.807) is 6.07 Å². The number of ether oxygens (including phenoxy) is 1. The zero-order chi connectivity index (χ0) is 19.0. The minimum absolute atomic E-state index is 0.00205. The number of likely N-dealkylation sites (tertiary alicyclic amines) is 1. The van der Waals surface area contributed by atoms with E-state index >= 15 is 0 Å². The fourth-order valence-corrected chi connectivity index (χ4v) is 4.81. The molecule has 146 valence electrons. The Labute approximate surface area is 164 Å². The van der Waals surface area contributed by atoms with Crippen LogP contribution in [0.5, 0.6) is 0 Å². The lowest BCUT2D eigenvalue weighted by Crippen LogP contribution is -2.41. The van der Waals surface area contributed by atoms with E-state index in [1.807, 2.05) is 18.0 Å². The zero-order valence-electron chi connectivity index (χ0n) is 15.7. The van der Waals surface area contributed by atoms with E-state index in [1.165, 1.54) is 12.8 Å². The summed E-state index contributed by atoms with van der Waals surface area (Å²) < 4.78 is 5.73. The Kier molecular flexibility index (Phi) is 5.12. The molecule has 1 aromatic heterocycles. The fraction of sp³-hybridized carbons (Fsp3) is 0.650. The molecule has 0 bridgehead atoms. The summed E-state index contributed by atoms with van der Waals surface area (Å²) in [4.78, 5) is 33.5. The van der Waals surface area contributed by atoms with Crippen molar-refractivity contribution in [2.75, 3.05) is 33.2 Å². The van der Waals surface area contributed by atoms with E-state index in [0.717, 1.165) is 44.6 Å². The van der Waals surface area contributed by atoms with Crippen LogP contribution in [0.25, 0.3) is 0 Å². The van der Waals surface area contributed by atoms with Gasteiger partial charge in [0.1, 0.15) is 10.8 Å². The summed E-state index contributed by atoms with van der Waals surface area (Å²) in [6.07, 6.45) is 5.30. The third-order valence-corrected chi connectivity index (χ3v) is 6.51. The molecular formula is C20H26ClN3O3. The molecule has 1 spiro atoms. The topological polar surface area (TPSA) is 62.7 Å². The van der Waals surface area contributed by atoms with Crippen LogP contribution in [-0.2, 0) is 15.1 Å². The van der Waals surface area contributed by atoms with E-state index in [0.29, 0.717) is 23.7 Å². The van der Waals surface area contributed by atoms with Crippen molar-refractivity contribution in [3.63, 3.8) is 0 Å². The number of amides is 1. The molecule has 0 aromatic carbocycles. The average molecular weight is 392 g/mol. The maximum atomic E-state index is 12.8. The van der Waals surface area contributed by atoms with Gasteiger partial charge in [0.15, 0.2) is 5.69 Å². The third kappa shape index (κ3) is 3.57. The SMILES string of the molecule is CN(CCN1CCCC1)C(=O)C1CCC2(CC1)OC(=O)c1nc(Cl)ccc12. The van der Waals surface area contributed by atoms with Crippen LogP contribution in [-0.4, -0.2) is 59.9 Å². The summed E-state index contributed by atoms with van der Waals surface area (Å²) in [5.41, 5.74) is 0.523. The first kappa shape index (κ1) is 18.7. The maximum Gasteiger partial charge on any atom is 0.358 e. The molecule has 2 aliphatic heterocycles. The number of fused-ring (bicyclic) bond motifs is 2. The maximum absolute atomic E-state index is 12.8. The minimum Gasteiger partial charge on any atom is -0.449 e. The smallest absolute Gasteiger partial charge is 0.358 e. The molecule has 2 fully saturated rings. The Balaban J connectivity index is 1.36. The van der Waals surface area contributed by atoms with Gasteiger partial charge in [-0.05, 0) is 63.7 Å². The van der Waals surface area contributed by atoms with Crippen LogP contribution < -0.4 is 0 Å². The zero-order valence-corrected chi connectivity index (χ0v) is 16.5. The van der Waals surface area contributed by atoms with Gasteiger partial charge in [-0.15, -0.1) is 0 Å². The number of hydrogen-bond acceptors (Lipinski definition) is 5. The van der Waals surface area contributed by atoms with E-state index < -0.39 is 11.6 Å². The molecule has 1 amide bonds. The molecule has 3 heterocycles. The van der Waals surface area contributed by atoms with Crippen molar-refractivity contribution in [3.05, 3.63) is 28.5 Å². The number of aromatic nitrogens is 1. The fourth-order valence-electron chi connectivity index (χ4n) is 4.66. The highest BCUT2D eigenvalue weighted by Gasteiger charge is 2.49. The van der Waals surface area contributed by atoms with Gasteiger partial charge in [-0.1, -0.05) is 11.6 Å². The molecule has 0 N–H and O–H groups in total. The van der Waals surface area contributed by atoms with E-state index in [-0.39, 0.29) is 11.8 Å². The lowest BCUT2D eigenvalue weighted by molar-refractivity contribution is -0.137. The second kappa shape index (κ2) is 7.40. The summed E-state index contributed by atoms with van der Waals surface area (Å²) in [6.45, 7) is 4.03. The third-order valence-electron chi connectivity index (χ3n) is 6.30. The number of carbonyl (C=O) groups is 2. The highest BCUT2D eigenvalue weighted by atomic mass is 35.5. The largest absolute Gasteiger partial charge is 0.449 e. The van der Waals surface area contributed by atoms with E-state index in [2.05, 4.69) is 9.88 Å². The number of rotatable bonds is 4. The number of esters is 1. The van der Waals surface area contributed by atoms with Crippen LogP contribution >= 0.6 is 11.6 Å². The van der Waals surface area contributed by atoms with Crippen molar-refractivity contribution in [2.45, 2.75) is 44.1 Å². The number of carbonyl (C=O) groups excluding carboxylic acids is 2. The van der Waals surface area contributed by atoms with Crippen LogP contribution in [0.4, 0.5) is 0 Å². The minimum atomic E-state index is -0.630. The highest BCUT2D eigenvalue weighted by Crippen LogP contribution is 2.48. The van der Waals surface area contributed by atoms with Crippen molar-refractivity contribution in [2.24, 2.45) is 5.92 Å². The molecule has 0 unspecified atom stereocenters. The van der Waals surface area contributed by atoms with Crippen molar-refractivity contribution >= 4 is 23.5 Å². The molecule has 6 nitrogen and oxygen atoms in total. The second-order valence-electron chi connectivity index (χ2n) is 8.00. The van der Waals surface area contributed by atoms with Crippen LogP contribution in [0.15, 0.2) is 12.1 Å². The predicted octanol–water partition coefficient (Wildman–Crippen LogP) is 2.85. The van der Waals surface area contributed by atoms with Gasteiger partial charge in [0.25, 0.3) is 0 Å². The average Bonchev–Trinajstić information content (AvgIpc) is 3.27. The van der Waals surface area contributed by atoms with Gasteiger partial charge < -0.3 is 14.5 Å². The summed E-state index contributed by atoms with van der Waals surface area (Å²) in [5, 5.41) is 0.297. The number of nitrogens with zero attached hydrogens (tertiary/aromatic N) is 3. The number of halogens is 1. The van der Waals surface area contributed by atoms with Crippen LogP contribution in [0.3, 0.4) is 0 Å². The molecule has 1 saturated heterocycles. The molecule has 1 aromatic rings. The molecule has 0 atom stereocenters. The van der Waals surface area contributed by atoms with Gasteiger partial charge in [0.2, 0.25) is 5.91 Å². The monoisotopic (exact) mass is 391 g/mol. The van der Waals surface area contributed by atoms with Gasteiger partial charge in [-0.25, -0.2) is 9.78 Å². The van der Waals surface area contributed by atoms with Crippen molar-refractivity contribution in [1.29, 1.82) is 0 Å². The van der Waals surface area contributed by atoms with Gasteiger partial charge in [-0.2, -0.15) is 0 Å². The molecule has 3 aliphatic rings. The second-order valence-corrected chi connectivity index (χ2v) is 8.38. The molecule has 1 saturated carbocycles. The van der Waals surface area contributed by atoms with Gasteiger partial charge in [0.05, 0.1) is 0 Å². The Bertz CT molecular complexity index is 740. The lowest BCUT2D eigenvalue weighted by atomic mass is 9.75.